The van der Waals surface area contributed by atoms with Crippen LogP contribution in [-0.4, -0.2) is 30.3 Å². The van der Waals surface area contributed by atoms with Crippen molar-refractivity contribution in [1.82, 2.24) is 4.90 Å². The molecule has 0 spiro atoms. The number of piperidine rings is 1. The van der Waals surface area contributed by atoms with Gasteiger partial charge in [0.2, 0.25) is 0 Å². The third-order valence-corrected chi connectivity index (χ3v) is 3.63. The highest BCUT2D eigenvalue weighted by Crippen LogP contribution is 2.14. The number of nitrogens with one attached hydrogen (secondary N) is 1. The van der Waals surface area contributed by atoms with Gasteiger partial charge in [0, 0.05) is 44.7 Å². The highest BCUT2D eigenvalue weighted by atomic mass is 16.1. The van der Waals surface area contributed by atoms with Crippen molar-refractivity contribution in [2.45, 2.75) is 39.2 Å². The maximum atomic E-state index is 11.2. The number of ketones is 1. The van der Waals surface area contributed by atoms with E-state index in [-0.39, 0.29) is 0 Å². The summed E-state index contributed by atoms with van der Waals surface area (Å²) >= 11 is 0. The van der Waals surface area contributed by atoms with E-state index >= 15 is 0 Å². The van der Waals surface area contributed by atoms with Gasteiger partial charge in [-0.2, -0.15) is 0 Å². The number of carbonyl (C=O) groups excluding carboxylic acids is 1. The first kappa shape index (κ1) is 14.1. The predicted molar refractivity (Wildman–Crippen MR) is 79.4 cm³/mol. The number of rotatable bonds is 6. The molecule has 0 bridgehead atoms. The highest BCUT2D eigenvalue weighted by Gasteiger charge is 2.15. The summed E-state index contributed by atoms with van der Waals surface area (Å²) < 4.78 is 0. The summed E-state index contributed by atoms with van der Waals surface area (Å²) in [5.41, 5.74) is 2.53. The van der Waals surface area contributed by atoms with Crippen molar-refractivity contribution in [3.8, 4) is 0 Å². The number of likely N-dealkylation sites (tertiary alicyclic amines) is 1. The van der Waals surface area contributed by atoms with E-state index in [1.54, 1.807) is 0 Å². The Balaban J connectivity index is 1.79. The highest BCUT2D eigenvalue weighted by molar-refractivity contribution is 5.79. The van der Waals surface area contributed by atoms with Crippen molar-refractivity contribution in [3.63, 3.8) is 0 Å². The Morgan fingerprint density at radius 3 is 2.47 bits per heavy atom. The molecule has 0 aromatic heterocycles. The molecule has 1 aromatic rings. The zero-order chi connectivity index (χ0) is 13.5. The van der Waals surface area contributed by atoms with Gasteiger partial charge in [0.25, 0.3) is 0 Å². The molecule has 1 saturated heterocycles. The van der Waals surface area contributed by atoms with Crippen LogP contribution in [-0.2, 0) is 11.3 Å². The quantitative estimate of drug-likeness (QED) is 0.798. The molecule has 0 radical (unpaired) electrons. The van der Waals surface area contributed by atoms with Crippen LogP contribution in [0.4, 0.5) is 5.69 Å². The second-order valence-corrected chi connectivity index (χ2v) is 5.29. The molecule has 104 valence electrons. The van der Waals surface area contributed by atoms with E-state index in [1.807, 2.05) is 0 Å². The topological polar surface area (TPSA) is 32.3 Å². The first-order valence-electron chi connectivity index (χ1n) is 7.35. The van der Waals surface area contributed by atoms with Gasteiger partial charge >= 0.3 is 0 Å². The van der Waals surface area contributed by atoms with E-state index in [9.17, 15) is 4.79 Å². The van der Waals surface area contributed by atoms with Crippen LogP contribution in [0.1, 0.15) is 38.2 Å². The Morgan fingerprint density at radius 1 is 1.16 bits per heavy atom. The normalized spacial score (nSPS) is 16.6. The molecule has 1 aromatic carbocycles. The first-order chi connectivity index (χ1) is 9.28. The molecule has 0 saturated carbocycles. The van der Waals surface area contributed by atoms with E-state index < -0.39 is 0 Å². The number of nitrogens with zero attached hydrogens (tertiary/aromatic N) is 1. The molecule has 1 aliphatic heterocycles. The van der Waals surface area contributed by atoms with Crippen LogP contribution >= 0.6 is 0 Å². The van der Waals surface area contributed by atoms with Gasteiger partial charge in [0.05, 0.1) is 0 Å². The third-order valence-electron chi connectivity index (χ3n) is 3.63. The molecule has 0 aliphatic carbocycles. The fourth-order valence-electron chi connectivity index (χ4n) is 2.36. The van der Waals surface area contributed by atoms with Crippen LogP contribution in [0.5, 0.6) is 0 Å². The number of anilines is 1. The molecule has 1 N–H and O–H groups in total. The molecule has 3 heteroatoms. The summed E-state index contributed by atoms with van der Waals surface area (Å²) in [6.07, 6.45) is 3.87. The molecule has 0 atom stereocenters. The lowest BCUT2D eigenvalue weighted by Crippen LogP contribution is -2.33. The zero-order valence-electron chi connectivity index (χ0n) is 11.8. The van der Waals surface area contributed by atoms with Crippen molar-refractivity contribution in [2.24, 2.45) is 0 Å². The molecule has 2 rings (SSSR count). The van der Waals surface area contributed by atoms with E-state index in [0.717, 1.165) is 39.0 Å². The van der Waals surface area contributed by atoms with Gasteiger partial charge in [-0.1, -0.05) is 25.5 Å². The van der Waals surface area contributed by atoms with Crippen molar-refractivity contribution in [1.29, 1.82) is 0 Å². The Morgan fingerprint density at radius 2 is 1.84 bits per heavy atom. The fraction of sp³-hybridized carbons (Fsp3) is 0.562. The fourth-order valence-corrected chi connectivity index (χ4v) is 2.36. The molecule has 3 nitrogen and oxygen atoms in total. The summed E-state index contributed by atoms with van der Waals surface area (Å²) in [5, 5.41) is 3.42. The second kappa shape index (κ2) is 7.29. The van der Waals surface area contributed by atoms with Gasteiger partial charge in [-0.15, -0.1) is 0 Å². The Kier molecular flexibility index (Phi) is 5.40. The van der Waals surface area contributed by atoms with Gasteiger partial charge in [-0.25, -0.2) is 0 Å². The van der Waals surface area contributed by atoms with Crippen LogP contribution in [0.3, 0.4) is 0 Å². The van der Waals surface area contributed by atoms with Gasteiger partial charge in [0.15, 0.2) is 0 Å². The molecule has 1 aliphatic rings. The smallest absolute Gasteiger partial charge is 0.135 e. The van der Waals surface area contributed by atoms with Gasteiger partial charge in [0.1, 0.15) is 5.78 Å². The average molecular weight is 260 g/mol. The lowest BCUT2D eigenvalue weighted by atomic mass is 10.1. The maximum absolute atomic E-state index is 11.2. The van der Waals surface area contributed by atoms with E-state index in [0.29, 0.717) is 5.78 Å². The van der Waals surface area contributed by atoms with E-state index in [2.05, 4.69) is 41.4 Å². The molecule has 0 unspecified atom stereocenters. The summed E-state index contributed by atoms with van der Waals surface area (Å²) in [6, 6.07) is 8.68. The standard InChI is InChI=1S/C16H24N2O/c1-2-3-10-17-15-6-4-14(5-7-15)13-18-11-8-16(19)9-12-18/h4-7,17H,2-3,8-13H2,1H3. The number of unbranched alkanes of at least 4 members (excludes halogenated alkanes) is 1. The Bertz CT molecular complexity index is 390. The van der Waals surface area contributed by atoms with E-state index in [1.165, 1.54) is 24.1 Å². The molecule has 1 heterocycles. The summed E-state index contributed by atoms with van der Waals surface area (Å²) in [6.45, 7) is 6.03. The maximum Gasteiger partial charge on any atom is 0.135 e. The summed E-state index contributed by atoms with van der Waals surface area (Å²) in [4.78, 5) is 13.6. The largest absolute Gasteiger partial charge is 0.385 e. The molecule has 0 amide bonds. The average Bonchev–Trinajstić information content (AvgIpc) is 2.44. The summed E-state index contributed by atoms with van der Waals surface area (Å²) in [5.74, 6) is 0.409. The van der Waals surface area contributed by atoms with Crippen LogP contribution in [0, 0.1) is 0 Å². The van der Waals surface area contributed by atoms with Crippen molar-refractivity contribution < 1.29 is 4.79 Å². The minimum Gasteiger partial charge on any atom is -0.385 e. The van der Waals surface area contributed by atoms with Gasteiger partial charge < -0.3 is 5.32 Å². The van der Waals surface area contributed by atoms with Crippen molar-refractivity contribution >= 4 is 11.5 Å². The number of hydrogen-bond acceptors (Lipinski definition) is 3. The molecule has 1 fully saturated rings. The van der Waals surface area contributed by atoms with Crippen LogP contribution in [0.15, 0.2) is 24.3 Å². The Labute approximate surface area is 116 Å². The lowest BCUT2D eigenvalue weighted by Gasteiger charge is -2.25. The predicted octanol–water partition coefficient (Wildman–Crippen LogP) is 3.06. The first-order valence-corrected chi connectivity index (χ1v) is 7.35. The number of benzene rings is 1. The van der Waals surface area contributed by atoms with Crippen molar-refractivity contribution in [2.75, 3.05) is 25.0 Å². The lowest BCUT2D eigenvalue weighted by molar-refractivity contribution is -0.121. The summed E-state index contributed by atoms with van der Waals surface area (Å²) in [7, 11) is 0. The van der Waals surface area contributed by atoms with E-state index in [4.69, 9.17) is 0 Å². The number of carbonyl (C=O) groups is 1. The van der Waals surface area contributed by atoms with Gasteiger partial charge in [-0.3, -0.25) is 9.69 Å². The van der Waals surface area contributed by atoms with Crippen LogP contribution in [0.2, 0.25) is 0 Å². The third kappa shape index (κ3) is 4.67. The number of hydrogen-bond donors (Lipinski definition) is 1. The monoisotopic (exact) mass is 260 g/mol. The minimum absolute atomic E-state index is 0.409. The zero-order valence-corrected chi connectivity index (χ0v) is 11.8. The van der Waals surface area contributed by atoms with Crippen LogP contribution in [0.25, 0.3) is 0 Å². The van der Waals surface area contributed by atoms with Crippen molar-refractivity contribution in [3.05, 3.63) is 29.8 Å². The number of Topliss-reactive ketones (excluding diaryl/α,β-unsaturated/α-hetero) is 1. The molecule has 19 heavy (non-hydrogen) atoms. The molecular weight excluding hydrogens is 236 g/mol. The van der Waals surface area contributed by atoms with Gasteiger partial charge in [-0.05, 0) is 24.1 Å². The van der Waals surface area contributed by atoms with Crippen LogP contribution < -0.4 is 5.32 Å². The second-order valence-electron chi connectivity index (χ2n) is 5.29. The Hall–Kier alpha value is -1.35. The SMILES string of the molecule is CCCCNc1ccc(CN2CCC(=O)CC2)cc1. The minimum atomic E-state index is 0.409. The molecular formula is C16H24N2O.